The average Bonchev–Trinajstić information content (AvgIpc) is 2.40. The van der Waals surface area contributed by atoms with Crippen LogP contribution in [0.5, 0.6) is 0 Å². The average molecular weight is 254 g/mol. The molecule has 1 saturated carbocycles. The number of ether oxygens (including phenoxy) is 1. The van der Waals surface area contributed by atoms with E-state index < -0.39 is 0 Å². The summed E-state index contributed by atoms with van der Waals surface area (Å²) in [6.45, 7) is 6.85. The van der Waals surface area contributed by atoms with Crippen molar-refractivity contribution in [1.29, 1.82) is 0 Å². The lowest BCUT2D eigenvalue weighted by molar-refractivity contribution is 0.0522. The molecule has 0 spiro atoms. The summed E-state index contributed by atoms with van der Waals surface area (Å²) in [5.74, 6) is 0.767. The van der Waals surface area contributed by atoms with Gasteiger partial charge in [-0.05, 0) is 51.1 Å². The van der Waals surface area contributed by atoms with Crippen LogP contribution in [-0.2, 0) is 4.74 Å². The van der Waals surface area contributed by atoms with Gasteiger partial charge < -0.3 is 10.1 Å². The van der Waals surface area contributed by atoms with E-state index in [9.17, 15) is 0 Å². The van der Waals surface area contributed by atoms with Gasteiger partial charge in [0, 0.05) is 25.7 Å². The van der Waals surface area contributed by atoms with Gasteiger partial charge in [0.15, 0.2) is 0 Å². The van der Waals surface area contributed by atoms with E-state index in [0.717, 1.165) is 31.2 Å². The largest absolute Gasteiger partial charge is 0.384 e. The topological polar surface area (TPSA) is 24.5 Å². The number of methoxy groups -OCH3 is 1. The Morgan fingerprint density at radius 3 is 2.89 bits per heavy atom. The smallest absolute Gasteiger partial charge is 0.0502 e. The van der Waals surface area contributed by atoms with Crippen LogP contribution >= 0.6 is 0 Å². The van der Waals surface area contributed by atoms with Gasteiger partial charge in [-0.15, -0.1) is 0 Å². The molecule has 3 atom stereocenters. The van der Waals surface area contributed by atoms with E-state index in [0.29, 0.717) is 0 Å². The molecule has 3 heteroatoms. The van der Waals surface area contributed by atoms with Crippen LogP contribution in [0.25, 0.3) is 0 Å². The number of nitrogens with zero attached hydrogens (tertiary/aromatic N) is 1. The van der Waals surface area contributed by atoms with Gasteiger partial charge in [-0.3, -0.25) is 4.90 Å². The molecule has 3 unspecified atom stereocenters. The normalized spacial score (nSPS) is 34.7. The number of nitrogens with one attached hydrogen (secondary N) is 1. The second-order valence-electron chi connectivity index (χ2n) is 6.03. The summed E-state index contributed by atoms with van der Waals surface area (Å²) in [6.07, 6.45) is 8.24. The van der Waals surface area contributed by atoms with Crippen molar-refractivity contribution >= 4 is 0 Å². The third kappa shape index (κ3) is 3.94. The van der Waals surface area contributed by atoms with Crippen molar-refractivity contribution in [1.82, 2.24) is 10.2 Å². The van der Waals surface area contributed by atoms with E-state index in [1.54, 1.807) is 0 Å². The molecule has 1 N–H and O–H groups in total. The van der Waals surface area contributed by atoms with Gasteiger partial charge in [-0.2, -0.15) is 0 Å². The Balaban J connectivity index is 1.82. The molecule has 0 amide bonds. The highest BCUT2D eigenvalue weighted by Gasteiger charge is 2.29. The molecule has 1 aliphatic carbocycles. The molecule has 2 aliphatic rings. The first-order valence-electron chi connectivity index (χ1n) is 7.79. The van der Waals surface area contributed by atoms with Crippen molar-refractivity contribution < 1.29 is 4.74 Å². The standard InChI is InChI=1S/C15H30N2O/c1-3-16-14-7-4-8-15(10-14)17-9-5-6-13(11-17)12-18-2/h13-16H,3-12H2,1-2H3. The maximum atomic E-state index is 5.34. The molecule has 18 heavy (non-hydrogen) atoms. The Morgan fingerprint density at radius 1 is 1.22 bits per heavy atom. The number of rotatable bonds is 5. The van der Waals surface area contributed by atoms with Gasteiger partial charge in [0.2, 0.25) is 0 Å². The van der Waals surface area contributed by atoms with Crippen LogP contribution in [0.1, 0.15) is 45.4 Å². The van der Waals surface area contributed by atoms with Crippen LogP contribution in [-0.4, -0.2) is 50.3 Å². The van der Waals surface area contributed by atoms with Crippen molar-refractivity contribution in [3.05, 3.63) is 0 Å². The SMILES string of the molecule is CCNC1CCCC(N2CCCC(COC)C2)C1. The molecule has 0 aromatic rings. The maximum Gasteiger partial charge on any atom is 0.0502 e. The Bertz CT molecular complexity index is 207. The van der Waals surface area contributed by atoms with E-state index in [-0.39, 0.29) is 0 Å². The minimum Gasteiger partial charge on any atom is -0.384 e. The van der Waals surface area contributed by atoms with E-state index in [1.807, 2.05) is 7.11 Å². The molecule has 0 aromatic heterocycles. The monoisotopic (exact) mass is 254 g/mol. The lowest BCUT2D eigenvalue weighted by Crippen LogP contribution is -2.48. The highest BCUT2D eigenvalue weighted by Crippen LogP contribution is 2.27. The van der Waals surface area contributed by atoms with Crippen molar-refractivity contribution in [3.8, 4) is 0 Å². The lowest BCUT2D eigenvalue weighted by Gasteiger charge is -2.42. The summed E-state index contributed by atoms with van der Waals surface area (Å²) in [6, 6.07) is 1.58. The van der Waals surface area contributed by atoms with Crippen LogP contribution in [0.3, 0.4) is 0 Å². The second-order valence-corrected chi connectivity index (χ2v) is 6.03. The van der Waals surface area contributed by atoms with Crippen molar-refractivity contribution in [2.75, 3.05) is 33.4 Å². The molecule has 2 fully saturated rings. The summed E-state index contributed by atoms with van der Waals surface area (Å²) >= 11 is 0. The Morgan fingerprint density at radius 2 is 2.11 bits per heavy atom. The molecule has 0 radical (unpaired) electrons. The molecule has 3 nitrogen and oxygen atoms in total. The first-order chi connectivity index (χ1) is 8.83. The molecular weight excluding hydrogens is 224 g/mol. The molecule has 0 bridgehead atoms. The van der Waals surface area contributed by atoms with E-state index >= 15 is 0 Å². The van der Waals surface area contributed by atoms with Crippen LogP contribution in [0.2, 0.25) is 0 Å². The first kappa shape index (κ1) is 14.3. The van der Waals surface area contributed by atoms with Crippen LogP contribution in [0, 0.1) is 5.92 Å². The molecule has 0 aromatic carbocycles. The van der Waals surface area contributed by atoms with Crippen LogP contribution in [0.15, 0.2) is 0 Å². The first-order valence-corrected chi connectivity index (χ1v) is 7.79. The predicted molar refractivity (Wildman–Crippen MR) is 75.9 cm³/mol. The molecule has 1 aliphatic heterocycles. The fraction of sp³-hybridized carbons (Fsp3) is 1.00. The van der Waals surface area contributed by atoms with Gasteiger partial charge >= 0.3 is 0 Å². The number of hydrogen-bond acceptors (Lipinski definition) is 3. The van der Waals surface area contributed by atoms with Crippen molar-refractivity contribution in [2.24, 2.45) is 5.92 Å². The highest BCUT2D eigenvalue weighted by atomic mass is 16.5. The van der Waals surface area contributed by atoms with Crippen LogP contribution < -0.4 is 5.32 Å². The summed E-state index contributed by atoms with van der Waals surface area (Å²) in [5, 5.41) is 3.64. The molecule has 1 saturated heterocycles. The maximum absolute atomic E-state index is 5.34. The molecular formula is C15H30N2O. The molecule has 1 heterocycles. The second kappa shape index (κ2) is 7.46. The van der Waals surface area contributed by atoms with Gasteiger partial charge in [-0.25, -0.2) is 0 Å². The zero-order valence-corrected chi connectivity index (χ0v) is 12.2. The summed E-state index contributed by atoms with van der Waals surface area (Å²) in [5.41, 5.74) is 0. The molecule has 2 rings (SSSR count). The fourth-order valence-electron chi connectivity index (χ4n) is 3.77. The highest BCUT2D eigenvalue weighted by molar-refractivity contribution is 4.86. The number of hydrogen-bond donors (Lipinski definition) is 1. The van der Waals surface area contributed by atoms with Crippen molar-refractivity contribution in [2.45, 2.75) is 57.5 Å². The Hall–Kier alpha value is -0.120. The summed E-state index contributed by atoms with van der Waals surface area (Å²) in [4.78, 5) is 2.75. The summed E-state index contributed by atoms with van der Waals surface area (Å²) in [7, 11) is 1.83. The molecule has 106 valence electrons. The predicted octanol–water partition coefficient (Wildman–Crippen LogP) is 2.27. The van der Waals surface area contributed by atoms with Gasteiger partial charge in [0.1, 0.15) is 0 Å². The third-order valence-electron chi connectivity index (χ3n) is 4.61. The van der Waals surface area contributed by atoms with Gasteiger partial charge in [0.05, 0.1) is 6.61 Å². The zero-order chi connectivity index (χ0) is 12.8. The van der Waals surface area contributed by atoms with E-state index in [4.69, 9.17) is 4.74 Å². The fourth-order valence-corrected chi connectivity index (χ4v) is 3.77. The number of piperidine rings is 1. The third-order valence-corrected chi connectivity index (χ3v) is 4.61. The zero-order valence-electron chi connectivity index (χ0n) is 12.2. The minimum atomic E-state index is 0.761. The lowest BCUT2D eigenvalue weighted by atomic mass is 9.87. The van der Waals surface area contributed by atoms with Crippen molar-refractivity contribution in [3.63, 3.8) is 0 Å². The van der Waals surface area contributed by atoms with E-state index in [1.165, 1.54) is 51.6 Å². The Kier molecular flexibility index (Phi) is 5.93. The minimum absolute atomic E-state index is 0.761. The van der Waals surface area contributed by atoms with Gasteiger partial charge in [0.25, 0.3) is 0 Å². The van der Waals surface area contributed by atoms with Gasteiger partial charge in [-0.1, -0.05) is 13.3 Å². The summed E-state index contributed by atoms with van der Waals surface area (Å²) < 4.78 is 5.34. The van der Waals surface area contributed by atoms with Crippen LogP contribution in [0.4, 0.5) is 0 Å². The Labute approximate surface area is 112 Å². The number of likely N-dealkylation sites (tertiary alicyclic amines) is 1. The van der Waals surface area contributed by atoms with E-state index in [2.05, 4.69) is 17.1 Å². The quantitative estimate of drug-likeness (QED) is 0.814.